The Labute approximate surface area is 119 Å². The number of piperazine rings is 1. The lowest BCUT2D eigenvalue weighted by atomic mass is 10.0. The zero-order chi connectivity index (χ0) is 13.8. The Morgan fingerprint density at radius 3 is 2.40 bits per heavy atom. The van der Waals surface area contributed by atoms with Gasteiger partial charge in [0.15, 0.2) is 0 Å². The lowest BCUT2D eigenvalue weighted by Crippen LogP contribution is -2.43. The number of aliphatic hydroxyl groups is 1. The first kappa shape index (κ1) is 13.1. The molecule has 2 N–H and O–H groups in total. The molecule has 2 aromatic rings. The molecule has 3 rings (SSSR count). The summed E-state index contributed by atoms with van der Waals surface area (Å²) >= 11 is 0. The Morgan fingerprint density at radius 1 is 1.00 bits per heavy atom. The van der Waals surface area contributed by atoms with Crippen molar-refractivity contribution in [3.05, 3.63) is 59.8 Å². The van der Waals surface area contributed by atoms with E-state index in [4.69, 9.17) is 0 Å². The molecule has 1 aliphatic rings. The van der Waals surface area contributed by atoms with Crippen LogP contribution in [-0.4, -0.2) is 36.3 Å². The van der Waals surface area contributed by atoms with Gasteiger partial charge in [-0.2, -0.15) is 0 Å². The Hall–Kier alpha value is -1.91. The molecular weight excluding hydrogens is 250 g/mol. The predicted molar refractivity (Wildman–Crippen MR) is 79.8 cm³/mol. The number of aliphatic hydroxyl groups excluding tert-OH is 1. The van der Waals surface area contributed by atoms with E-state index in [0.717, 1.165) is 43.1 Å². The van der Waals surface area contributed by atoms with Gasteiger partial charge < -0.3 is 15.3 Å². The second-order valence-electron chi connectivity index (χ2n) is 5.00. The summed E-state index contributed by atoms with van der Waals surface area (Å²) in [6.07, 6.45) is 1.16. The van der Waals surface area contributed by atoms with Crippen LogP contribution in [0.5, 0.6) is 0 Å². The highest BCUT2D eigenvalue weighted by Gasteiger charge is 2.14. The third-order valence-corrected chi connectivity index (χ3v) is 3.64. The van der Waals surface area contributed by atoms with Crippen molar-refractivity contribution < 1.29 is 5.11 Å². The number of nitrogens with zero attached hydrogens (tertiary/aromatic N) is 2. The zero-order valence-electron chi connectivity index (χ0n) is 11.4. The van der Waals surface area contributed by atoms with E-state index >= 15 is 0 Å². The van der Waals surface area contributed by atoms with Crippen molar-refractivity contribution in [1.29, 1.82) is 0 Å². The number of rotatable bonds is 3. The molecule has 1 fully saturated rings. The third kappa shape index (κ3) is 2.81. The minimum Gasteiger partial charge on any atom is -0.384 e. The van der Waals surface area contributed by atoms with E-state index < -0.39 is 6.10 Å². The summed E-state index contributed by atoms with van der Waals surface area (Å²) in [5.41, 5.74) is 1.72. The van der Waals surface area contributed by atoms with Crippen LogP contribution in [0, 0.1) is 0 Å². The molecule has 0 radical (unpaired) electrons. The van der Waals surface area contributed by atoms with E-state index in [0.29, 0.717) is 0 Å². The zero-order valence-corrected chi connectivity index (χ0v) is 11.4. The van der Waals surface area contributed by atoms with Crippen molar-refractivity contribution in [2.45, 2.75) is 6.10 Å². The Balaban J connectivity index is 1.75. The first-order valence-electron chi connectivity index (χ1n) is 6.99. The van der Waals surface area contributed by atoms with Crippen LogP contribution in [-0.2, 0) is 0 Å². The van der Waals surface area contributed by atoms with Crippen molar-refractivity contribution in [3.63, 3.8) is 0 Å². The van der Waals surface area contributed by atoms with Gasteiger partial charge in [0.25, 0.3) is 0 Å². The summed E-state index contributed by atoms with van der Waals surface area (Å²) < 4.78 is 0. The molecule has 1 aromatic carbocycles. The fourth-order valence-electron chi connectivity index (χ4n) is 2.47. The smallest absolute Gasteiger partial charge is 0.128 e. The van der Waals surface area contributed by atoms with E-state index in [1.54, 1.807) is 6.20 Å². The summed E-state index contributed by atoms with van der Waals surface area (Å²) in [6, 6.07) is 13.6. The second kappa shape index (κ2) is 6.03. The summed E-state index contributed by atoms with van der Waals surface area (Å²) in [7, 11) is 0. The van der Waals surface area contributed by atoms with Gasteiger partial charge in [0.2, 0.25) is 0 Å². The van der Waals surface area contributed by atoms with Crippen molar-refractivity contribution >= 4 is 5.82 Å². The largest absolute Gasteiger partial charge is 0.384 e. The molecule has 4 nitrogen and oxygen atoms in total. The molecule has 0 bridgehead atoms. The minimum atomic E-state index is -0.610. The van der Waals surface area contributed by atoms with Crippen LogP contribution in [0.15, 0.2) is 48.7 Å². The quantitative estimate of drug-likeness (QED) is 0.888. The van der Waals surface area contributed by atoms with Gasteiger partial charge in [-0.3, -0.25) is 0 Å². The van der Waals surface area contributed by atoms with Crippen molar-refractivity contribution in [3.8, 4) is 0 Å². The maximum atomic E-state index is 10.3. The fourth-order valence-corrected chi connectivity index (χ4v) is 2.47. The average Bonchev–Trinajstić information content (AvgIpc) is 2.56. The van der Waals surface area contributed by atoms with E-state index in [-0.39, 0.29) is 0 Å². The van der Waals surface area contributed by atoms with Crippen LogP contribution in [0.2, 0.25) is 0 Å². The highest BCUT2D eigenvalue weighted by Crippen LogP contribution is 2.22. The van der Waals surface area contributed by atoms with Crippen molar-refractivity contribution in [2.24, 2.45) is 0 Å². The lowest BCUT2D eigenvalue weighted by Gasteiger charge is -2.28. The van der Waals surface area contributed by atoms with Gasteiger partial charge >= 0.3 is 0 Å². The molecule has 0 spiro atoms. The van der Waals surface area contributed by atoms with Crippen molar-refractivity contribution in [1.82, 2.24) is 10.3 Å². The Bertz CT molecular complexity index is 535. The number of pyridine rings is 1. The summed E-state index contributed by atoms with van der Waals surface area (Å²) in [4.78, 5) is 6.75. The molecule has 1 aliphatic heterocycles. The molecule has 1 unspecified atom stereocenters. The van der Waals surface area contributed by atoms with E-state index in [1.807, 2.05) is 42.5 Å². The van der Waals surface area contributed by atoms with Gasteiger partial charge in [-0.25, -0.2) is 4.98 Å². The van der Waals surface area contributed by atoms with Crippen LogP contribution in [0.4, 0.5) is 5.82 Å². The number of anilines is 1. The Morgan fingerprint density at radius 2 is 1.75 bits per heavy atom. The normalized spacial score (nSPS) is 16.9. The molecule has 1 aromatic heterocycles. The predicted octanol–water partition coefficient (Wildman–Crippen LogP) is 1.57. The monoisotopic (exact) mass is 269 g/mol. The highest BCUT2D eigenvalue weighted by molar-refractivity contribution is 5.41. The van der Waals surface area contributed by atoms with Gasteiger partial charge in [0.05, 0.1) is 0 Å². The molecule has 20 heavy (non-hydrogen) atoms. The summed E-state index contributed by atoms with van der Waals surface area (Å²) in [6.45, 7) is 3.95. The van der Waals surface area contributed by atoms with Gasteiger partial charge in [0, 0.05) is 37.9 Å². The summed E-state index contributed by atoms with van der Waals surface area (Å²) in [5.74, 6) is 0.982. The molecule has 0 saturated carbocycles. The molecule has 0 amide bonds. The molecular formula is C16H19N3O. The number of hydrogen-bond donors (Lipinski definition) is 2. The highest BCUT2D eigenvalue weighted by atomic mass is 16.3. The van der Waals surface area contributed by atoms with Gasteiger partial charge in [-0.15, -0.1) is 0 Å². The number of benzene rings is 1. The molecule has 2 heterocycles. The standard InChI is InChI=1S/C16H19N3O/c20-16(13-4-2-1-3-5-13)14-6-7-15(18-12-14)19-10-8-17-9-11-19/h1-7,12,16-17,20H,8-11H2. The number of hydrogen-bond acceptors (Lipinski definition) is 4. The molecule has 104 valence electrons. The number of nitrogens with one attached hydrogen (secondary N) is 1. The van der Waals surface area contributed by atoms with Crippen LogP contribution >= 0.6 is 0 Å². The maximum absolute atomic E-state index is 10.3. The maximum Gasteiger partial charge on any atom is 0.128 e. The van der Waals surface area contributed by atoms with E-state index in [2.05, 4.69) is 15.2 Å². The van der Waals surface area contributed by atoms with Crippen molar-refractivity contribution in [2.75, 3.05) is 31.1 Å². The van der Waals surface area contributed by atoms with Crippen LogP contribution in [0.25, 0.3) is 0 Å². The number of aromatic nitrogens is 1. The van der Waals surface area contributed by atoms with Gasteiger partial charge in [-0.1, -0.05) is 36.4 Å². The topological polar surface area (TPSA) is 48.4 Å². The van der Waals surface area contributed by atoms with Gasteiger partial charge in [-0.05, 0) is 11.6 Å². The van der Waals surface area contributed by atoms with E-state index in [1.165, 1.54) is 0 Å². The SMILES string of the molecule is OC(c1ccccc1)c1ccc(N2CCNCC2)nc1. The van der Waals surface area contributed by atoms with Crippen LogP contribution < -0.4 is 10.2 Å². The lowest BCUT2D eigenvalue weighted by molar-refractivity contribution is 0.220. The summed E-state index contributed by atoms with van der Waals surface area (Å²) in [5, 5.41) is 13.7. The van der Waals surface area contributed by atoms with Crippen LogP contribution in [0.1, 0.15) is 17.2 Å². The Kier molecular flexibility index (Phi) is 3.95. The fraction of sp³-hybridized carbons (Fsp3) is 0.312. The molecule has 4 heteroatoms. The first-order valence-corrected chi connectivity index (χ1v) is 6.99. The van der Waals surface area contributed by atoms with Crippen LogP contribution in [0.3, 0.4) is 0 Å². The van der Waals surface area contributed by atoms with E-state index in [9.17, 15) is 5.11 Å². The molecule has 1 saturated heterocycles. The molecule has 0 aliphatic carbocycles. The minimum absolute atomic E-state index is 0.610. The first-order chi connectivity index (χ1) is 9.84. The molecule has 1 atom stereocenters. The third-order valence-electron chi connectivity index (χ3n) is 3.64. The average molecular weight is 269 g/mol. The second-order valence-corrected chi connectivity index (χ2v) is 5.00. The van der Waals surface area contributed by atoms with Gasteiger partial charge in [0.1, 0.15) is 11.9 Å².